The summed E-state index contributed by atoms with van der Waals surface area (Å²) in [4.78, 5) is 3.78. The SMILES string of the molecule is [Si].c1ccncc1. The fraction of sp³-hybridized carbons (Fsp3) is 0. The molecule has 0 amide bonds. The molecule has 34 valence electrons. The quantitative estimate of drug-likeness (QED) is 0.445. The molecule has 0 aliphatic rings. The number of rotatable bonds is 0. The molecule has 1 aromatic rings. The molecule has 1 aromatic heterocycles. The molecule has 0 bridgehead atoms. The van der Waals surface area contributed by atoms with Gasteiger partial charge in [-0.1, -0.05) is 6.07 Å². The van der Waals surface area contributed by atoms with Gasteiger partial charge in [0.15, 0.2) is 0 Å². The first-order chi connectivity index (χ1) is 3.00. The van der Waals surface area contributed by atoms with Crippen LogP contribution in [0.1, 0.15) is 0 Å². The van der Waals surface area contributed by atoms with Crippen molar-refractivity contribution in [2.75, 3.05) is 0 Å². The van der Waals surface area contributed by atoms with Crippen molar-refractivity contribution in [1.82, 2.24) is 4.98 Å². The van der Waals surface area contributed by atoms with Crippen molar-refractivity contribution < 1.29 is 0 Å². The molecule has 0 N–H and O–H groups in total. The molecule has 4 radical (unpaired) electrons. The van der Waals surface area contributed by atoms with Gasteiger partial charge in [0, 0.05) is 23.4 Å². The molecule has 0 aromatic carbocycles. The molecule has 0 aliphatic heterocycles. The molecule has 1 rings (SSSR count). The summed E-state index contributed by atoms with van der Waals surface area (Å²) in [5.74, 6) is 0. The molecule has 1 nitrogen and oxygen atoms in total. The summed E-state index contributed by atoms with van der Waals surface area (Å²) in [6.07, 6.45) is 3.50. The van der Waals surface area contributed by atoms with E-state index in [-0.39, 0.29) is 11.0 Å². The van der Waals surface area contributed by atoms with Gasteiger partial charge in [0.05, 0.1) is 0 Å². The van der Waals surface area contributed by atoms with Gasteiger partial charge in [0.1, 0.15) is 0 Å². The molecule has 0 fully saturated rings. The molecular weight excluding hydrogens is 102 g/mol. The maximum absolute atomic E-state index is 3.78. The summed E-state index contributed by atoms with van der Waals surface area (Å²) in [5, 5.41) is 0. The highest BCUT2D eigenvalue weighted by molar-refractivity contribution is 5.75. The summed E-state index contributed by atoms with van der Waals surface area (Å²) in [6.45, 7) is 0. The predicted octanol–water partition coefficient (Wildman–Crippen LogP) is 0.701. The maximum atomic E-state index is 3.78. The zero-order valence-corrected chi connectivity index (χ0v) is 4.83. The largest absolute Gasteiger partial charge is 0.265 e. The molecule has 0 saturated heterocycles. The van der Waals surface area contributed by atoms with E-state index in [9.17, 15) is 0 Å². The Balaban J connectivity index is 0.000000360. The fourth-order valence-electron chi connectivity index (χ4n) is 0.313. The van der Waals surface area contributed by atoms with E-state index in [0.717, 1.165) is 0 Å². The molecule has 0 atom stereocenters. The van der Waals surface area contributed by atoms with Gasteiger partial charge in [0.2, 0.25) is 0 Å². The minimum absolute atomic E-state index is 0. The molecular formula is C5H5NSi. The topological polar surface area (TPSA) is 12.9 Å². The van der Waals surface area contributed by atoms with Crippen molar-refractivity contribution in [1.29, 1.82) is 0 Å². The van der Waals surface area contributed by atoms with Gasteiger partial charge in [-0.3, -0.25) is 4.98 Å². The van der Waals surface area contributed by atoms with Crippen LogP contribution < -0.4 is 0 Å². The zero-order chi connectivity index (χ0) is 4.24. The third-order valence-electron chi connectivity index (χ3n) is 0.566. The lowest BCUT2D eigenvalue weighted by Gasteiger charge is -1.70. The monoisotopic (exact) mass is 107 g/mol. The molecule has 0 saturated carbocycles. The van der Waals surface area contributed by atoms with Crippen molar-refractivity contribution in [3.63, 3.8) is 0 Å². The van der Waals surface area contributed by atoms with E-state index in [1.165, 1.54) is 0 Å². The number of aromatic nitrogens is 1. The van der Waals surface area contributed by atoms with E-state index in [4.69, 9.17) is 0 Å². The Labute approximate surface area is 47.4 Å². The lowest BCUT2D eigenvalue weighted by Crippen LogP contribution is -1.58. The molecule has 7 heavy (non-hydrogen) atoms. The van der Waals surface area contributed by atoms with Crippen LogP contribution in [-0.4, -0.2) is 15.9 Å². The molecule has 1 heterocycles. The highest BCUT2D eigenvalue weighted by atomic mass is 28.1. The van der Waals surface area contributed by atoms with Crippen LogP contribution in [0, 0.1) is 0 Å². The maximum Gasteiger partial charge on any atom is 0.0267 e. The zero-order valence-electron chi connectivity index (χ0n) is 3.83. The third kappa shape index (κ3) is 2.11. The molecule has 0 unspecified atom stereocenters. The normalized spacial score (nSPS) is 6.86. The second kappa shape index (κ2) is 3.55. The second-order valence-electron chi connectivity index (χ2n) is 1.02. The van der Waals surface area contributed by atoms with Gasteiger partial charge in [-0.15, -0.1) is 0 Å². The van der Waals surface area contributed by atoms with Gasteiger partial charge in [-0.05, 0) is 12.1 Å². The summed E-state index contributed by atoms with van der Waals surface area (Å²) in [6, 6.07) is 5.72. The van der Waals surface area contributed by atoms with Gasteiger partial charge in [0.25, 0.3) is 0 Å². The van der Waals surface area contributed by atoms with E-state index in [2.05, 4.69) is 4.98 Å². The number of pyridine rings is 1. The minimum Gasteiger partial charge on any atom is -0.265 e. The summed E-state index contributed by atoms with van der Waals surface area (Å²) in [5.41, 5.74) is 0. The lowest BCUT2D eigenvalue weighted by atomic mass is 10.5. The molecule has 2 heteroatoms. The number of hydrogen-bond acceptors (Lipinski definition) is 1. The van der Waals surface area contributed by atoms with Crippen LogP contribution in [0.25, 0.3) is 0 Å². The third-order valence-corrected chi connectivity index (χ3v) is 0.566. The first kappa shape index (κ1) is 6.37. The first-order valence-corrected chi connectivity index (χ1v) is 1.85. The smallest absolute Gasteiger partial charge is 0.0267 e. The molecule has 0 spiro atoms. The lowest BCUT2D eigenvalue weighted by molar-refractivity contribution is 1.33. The van der Waals surface area contributed by atoms with Gasteiger partial charge >= 0.3 is 0 Å². The highest BCUT2D eigenvalue weighted by Crippen LogP contribution is 1.73. The summed E-state index contributed by atoms with van der Waals surface area (Å²) in [7, 11) is 0. The van der Waals surface area contributed by atoms with E-state index in [1.807, 2.05) is 18.2 Å². The van der Waals surface area contributed by atoms with Crippen LogP contribution >= 0.6 is 0 Å². The number of hydrogen-bond donors (Lipinski definition) is 0. The van der Waals surface area contributed by atoms with Crippen molar-refractivity contribution in [3.8, 4) is 0 Å². The van der Waals surface area contributed by atoms with E-state index in [0.29, 0.717) is 0 Å². The van der Waals surface area contributed by atoms with Gasteiger partial charge in [-0.25, -0.2) is 0 Å². The van der Waals surface area contributed by atoms with Crippen LogP contribution in [0.15, 0.2) is 30.6 Å². The highest BCUT2D eigenvalue weighted by Gasteiger charge is 1.58. The van der Waals surface area contributed by atoms with Crippen molar-refractivity contribution >= 4 is 11.0 Å². The van der Waals surface area contributed by atoms with Crippen molar-refractivity contribution in [2.24, 2.45) is 0 Å². The van der Waals surface area contributed by atoms with E-state index >= 15 is 0 Å². The Morgan fingerprint density at radius 3 is 1.57 bits per heavy atom. The average Bonchev–Trinajstić information content (AvgIpc) is 1.72. The summed E-state index contributed by atoms with van der Waals surface area (Å²) < 4.78 is 0. The second-order valence-corrected chi connectivity index (χ2v) is 1.02. The Morgan fingerprint density at radius 2 is 1.43 bits per heavy atom. The van der Waals surface area contributed by atoms with Gasteiger partial charge in [-0.2, -0.15) is 0 Å². The number of nitrogens with zero attached hydrogens (tertiary/aromatic N) is 1. The minimum atomic E-state index is 0. The molecule has 0 aliphatic carbocycles. The first-order valence-electron chi connectivity index (χ1n) is 1.85. The fourth-order valence-corrected chi connectivity index (χ4v) is 0.313. The predicted molar refractivity (Wildman–Crippen MR) is 30.0 cm³/mol. The summed E-state index contributed by atoms with van der Waals surface area (Å²) >= 11 is 0. The standard InChI is InChI=1S/C5H5N.Si/c1-2-4-6-5-3-1;/h1-5H;. The Kier molecular flexibility index (Phi) is 3.23. The van der Waals surface area contributed by atoms with Crippen LogP contribution in [0.4, 0.5) is 0 Å². The van der Waals surface area contributed by atoms with Crippen LogP contribution in [0.3, 0.4) is 0 Å². The Hall–Kier alpha value is -0.633. The van der Waals surface area contributed by atoms with E-state index < -0.39 is 0 Å². The van der Waals surface area contributed by atoms with Crippen molar-refractivity contribution in [2.45, 2.75) is 0 Å². The van der Waals surface area contributed by atoms with E-state index in [1.54, 1.807) is 12.4 Å². The average molecular weight is 107 g/mol. The van der Waals surface area contributed by atoms with Crippen LogP contribution in [0.2, 0.25) is 0 Å². The van der Waals surface area contributed by atoms with Crippen LogP contribution in [-0.2, 0) is 0 Å². The van der Waals surface area contributed by atoms with Crippen molar-refractivity contribution in [3.05, 3.63) is 30.6 Å². The van der Waals surface area contributed by atoms with Crippen LogP contribution in [0.5, 0.6) is 0 Å². The Bertz CT molecular complexity index is 80.0. The Morgan fingerprint density at radius 1 is 0.857 bits per heavy atom. The van der Waals surface area contributed by atoms with Gasteiger partial charge < -0.3 is 0 Å².